The van der Waals surface area contributed by atoms with Crippen molar-refractivity contribution in [2.75, 3.05) is 38.6 Å². The van der Waals surface area contributed by atoms with Crippen LogP contribution in [0.25, 0.3) is 0 Å². The van der Waals surface area contributed by atoms with E-state index in [-0.39, 0.29) is 0 Å². The van der Waals surface area contributed by atoms with Gasteiger partial charge in [0.25, 0.3) is 0 Å². The molecule has 0 amide bonds. The Morgan fingerprint density at radius 3 is 2.42 bits per heavy atom. The van der Waals surface area contributed by atoms with E-state index < -0.39 is 6.10 Å². The second-order valence-electron chi connectivity index (χ2n) is 5.77. The first-order valence-corrected chi connectivity index (χ1v) is 6.94. The van der Waals surface area contributed by atoms with Crippen molar-refractivity contribution in [1.29, 1.82) is 0 Å². The Morgan fingerprint density at radius 2 is 1.89 bits per heavy atom. The number of likely N-dealkylation sites (N-methyl/N-ethyl adjacent to an activating group) is 1. The molecule has 0 saturated carbocycles. The van der Waals surface area contributed by atoms with Crippen LogP contribution < -0.4 is 4.90 Å². The number of hydrogen-bond acceptors (Lipinski definition) is 4. The molecular formula is C15H27N3O. The molecule has 1 rings (SSSR count). The van der Waals surface area contributed by atoms with E-state index in [9.17, 15) is 5.11 Å². The van der Waals surface area contributed by atoms with Gasteiger partial charge in [0.2, 0.25) is 0 Å². The highest BCUT2D eigenvalue weighted by molar-refractivity contribution is 5.41. The van der Waals surface area contributed by atoms with Gasteiger partial charge in [-0.1, -0.05) is 13.8 Å². The van der Waals surface area contributed by atoms with E-state index in [1.165, 1.54) is 0 Å². The Morgan fingerprint density at radius 1 is 1.21 bits per heavy atom. The summed E-state index contributed by atoms with van der Waals surface area (Å²) in [6.07, 6.45) is 1.33. The molecule has 0 saturated heterocycles. The van der Waals surface area contributed by atoms with Gasteiger partial charge in [0.05, 0.1) is 6.10 Å². The Hall–Kier alpha value is -1.13. The molecule has 1 atom stereocenters. The van der Waals surface area contributed by atoms with Crippen LogP contribution in [-0.4, -0.2) is 48.7 Å². The monoisotopic (exact) mass is 265 g/mol. The molecule has 0 radical (unpaired) electrons. The summed E-state index contributed by atoms with van der Waals surface area (Å²) in [4.78, 5) is 8.91. The summed E-state index contributed by atoms with van der Waals surface area (Å²) in [5.74, 6) is 1.54. The van der Waals surface area contributed by atoms with E-state index in [0.717, 1.165) is 31.0 Å². The molecule has 4 nitrogen and oxygen atoms in total. The van der Waals surface area contributed by atoms with Gasteiger partial charge in [-0.15, -0.1) is 0 Å². The largest absolute Gasteiger partial charge is 0.389 e. The third-order valence-corrected chi connectivity index (χ3v) is 2.98. The van der Waals surface area contributed by atoms with Gasteiger partial charge in [-0.3, -0.25) is 0 Å². The van der Waals surface area contributed by atoms with Crippen molar-refractivity contribution in [3.05, 3.63) is 23.9 Å². The van der Waals surface area contributed by atoms with Gasteiger partial charge in [-0.25, -0.2) is 4.98 Å². The Balaban J connectivity index is 2.86. The van der Waals surface area contributed by atoms with Crippen molar-refractivity contribution < 1.29 is 5.11 Å². The van der Waals surface area contributed by atoms with Crippen molar-refractivity contribution in [3.63, 3.8) is 0 Å². The van der Waals surface area contributed by atoms with Crippen LogP contribution >= 0.6 is 0 Å². The minimum atomic E-state index is -0.448. The first-order valence-electron chi connectivity index (χ1n) is 6.94. The molecule has 0 aromatic carbocycles. The summed E-state index contributed by atoms with van der Waals surface area (Å²) >= 11 is 0. The summed E-state index contributed by atoms with van der Waals surface area (Å²) < 4.78 is 0. The van der Waals surface area contributed by atoms with Gasteiger partial charge in [-0.05, 0) is 44.6 Å². The second kappa shape index (κ2) is 7.46. The fraction of sp³-hybridized carbons (Fsp3) is 0.667. The maximum atomic E-state index is 9.68. The van der Waals surface area contributed by atoms with Crippen LogP contribution in [0.1, 0.15) is 32.4 Å². The zero-order valence-corrected chi connectivity index (χ0v) is 12.8. The highest BCUT2D eigenvalue weighted by Gasteiger charge is 2.12. The number of pyridine rings is 1. The minimum Gasteiger partial charge on any atom is -0.389 e. The standard InChI is InChI=1S/C15H27N3O/c1-12(2)11-18(9-8-17(4)5)15-10-14(13(3)19)6-7-16-15/h6-7,10,12-13,19H,8-9,11H2,1-5H3. The molecule has 1 aromatic rings. The number of nitrogens with zero attached hydrogens (tertiary/aromatic N) is 3. The fourth-order valence-corrected chi connectivity index (χ4v) is 1.93. The van der Waals surface area contributed by atoms with Gasteiger partial charge in [0.15, 0.2) is 0 Å². The van der Waals surface area contributed by atoms with Crippen LogP contribution in [0.15, 0.2) is 18.3 Å². The average molecular weight is 265 g/mol. The lowest BCUT2D eigenvalue weighted by atomic mass is 10.1. The number of anilines is 1. The fourth-order valence-electron chi connectivity index (χ4n) is 1.93. The summed E-state index contributed by atoms with van der Waals surface area (Å²) in [5.41, 5.74) is 0.920. The normalized spacial score (nSPS) is 13.1. The molecule has 1 heterocycles. The number of aliphatic hydroxyl groups is 1. The zero-order valence-electron chi connectivity index (χ0n) is 12.8. The van der Waals surface area contributed by atoms with Gasteiger partial charge >= 0.3 is 0 Å². The molecule has 0 aliphatic carbocycles. The minimum absolute atomic E-state index is 0.448. The number of rotatable bonds is 7. The lowest BCUT2D eigenvalue weighted by molar-refractivity contribution is 0.199. The molecular weight excluding hydrogens is 238 g/mol. The van der Waals surface area contributed by atoms with E-state index in [1.807, 2.05) is 12.1 Å². The first kappa shape index (κ1) is 15.9. The van der Waals surface area contributed by atoms with Crippen molar-refractivity contribution in [3.8, 4) is 0 Å². The predicted octanol–water partition coefficient (Wildman–Crippen LogP) is 2.16. The topological polar surface area (TPSA) is 39.6 Å². The van der Waals surface area contributed by atoms with E-state index in [4.69, 9.17) is 0 Å². The van der Waals surface area contributed by atoms with Gasteiger partial charge in [-0.2, -0.15) is 0 Å². The molecule has 19 heavy (non-hydrogen) atoms. The number of aliphatic hydroxyl groups excluding tert-OH is 1. The highest BCUT2D eigenvalue weighted by Crippen LogP contribution is 2.18. The van der Waals surface area contributed by atoms with E-state index in [1.54, 1.807) is 13.1 Å². The summed E-state index contributed by atoms with van der Waals surface area (Å²) in [6.45, 7) is 9.12. The van der Waals surface area contributed by atoms with Crippen LogP contribution in [0.3, 0.4) is 0 Å². The van der Waals surface area contributed by atoms with Crippen LogP contribution in [0.4, 0.5) is 5.82 Å². The Labute approximate surface area is 117 Å². The molecule has 4 heteroatoms. The van der Waals surface area contributed by atoms with Crippen molar-refractivity contribution in [2.24, 2.45) is 5.92 Å². The van der Waals surface area contributed by atoms with Crippen LogP contribution in [-0.2, 0) is 0 Å². The molecule has 0 fully saturated rings. The summed E-state index contributed by atoms with van der Waals surface area (Å²) in [7, 11) is 4.15. The van der Waals surface area contributed by atoms with E-state index in [2.05, 4.69) is 42.7 Å². The van der Waals surface area contributed by atoms with Gasteiger partial charge in [0.1, 0.15) is 5.82 Å². The molecule has 0 aliphatic heterocycles. The van der Waals surface area contributed by atoms with Crippen molar-refractivity contribution in [2.45, 2.75) is 26.9 Å². The van der Waals surface area contributed by atoms with Gasteiger partial charge in [0, 0.05) is 25.8 Å². The van der Waals surface area contributed by atoms with Crippen molar-refractivity contribution in [1.82, 2.24) is 9.88 Å². The molecule has 0 bridgehead atoms. The number of aromatic nitrogens is 1. The Bertz CT molecular complexity index is 377. The molecule has 1 unspecified atom stereocenters. The third-order valence-electron chi connectivity index (χ3n) is 2.98. The lowest BCUT2D eigenvalue weighted by Gasteiger charge is -2.27. The zero-order chi connectivity index (χ0) is 14.4. The number of hydrogen-bond donors (Lipinski definition) is 1. The Kier molecular flexibility index (Phi) is 6.25. The quantitative estimate of drug-likeness (QED) is 0.820. The second-order valence-corrected chi connectivity index (χ2v) is 5.77. The molecule has 0 aliphatic rings. The van der Waals surface area contributed by atoms with E-state index >= 15 is 0 Å². The first-order chi connectivity index (χ1) is 8.90. The predicted molar refractivity (Wildman–Crippen MR) is 80.5 cm³/mol. The highest BCUT2D eigenvalue weighted by atomic mass is 16.3. The maximum Gasteiger partial charge on any atom is 0.128 e. The third kappa shape index (κ3) is 5.57. The SMILES string of the molecule is CC(C)CN(CCN(C)C)c1cc(C(C)O)ccn1. The van der Waals surface area contributed by atoms with Gasteiger partial charge < -0.3 is 14.9 Å². The summed E-state index contributed by atoms with van der Waals surface area (Å²) in [5, 5.41) is 9.68. The van der Waals surface area contributed by atoms with Crippen LogP contribution in [0.2, 0.25) is 0 Å². The van der Waals surface area contributed by atoms with Crippen LogP contribution in [0, 0.1) is 5.92 Å². The van der Waals surface area contributed by atoms with Crippen LogP contribution in [0.5, 0.6) is 0 Å². The maximum absolute atomic E-state index is 9.68. The molecule has 1 N–H and O–H groups in total. The van der Waals surface area contributed by atoms with E-state index in [0.29, 0.717) is 5.92 Å². The summed E-state index contributed by atoms with van der Waals surface area (Å²) in [6, 6.07) is 3.86. The van der Waals surface area contributed by atoms with Crippen molar-refractivity contribution >= 4 is 5.82 Å². The molecule has 1 aromatic heterocycles. The molecule has 108 valence electrons. The smallest absolute Gasteiger partial charge is 0.128 e. The lowest BCUT2D eigenvalue weighted by Crippen LogP contribution is -2.35. The molecule has 0 spiro atoms. The average Bonchev–Trinajstić information content (AvgIpc) is 2.34.